The van der Waals surface area contributed by atoms with E-state index in [0.717, 1.165) is 17.8 Å². The minimum Gasteiger partial charge on any atom is -0.494 e. The molecule has 1 N–H and O–H groups in total. The highest BCUT2D eigenvalue weighted by Gasteiger charge is 2.08. The van der Waals surface area contributed by atoms with Gasteiger partial charge in [0.25, 0.3) is 5.91 Å². The van der Waals surface area contributed by atoms with Crippen molar-refractivity contribution in [1.82, 2.24) is 5.43 Å². The number of nitrogens with one attached hydrogen (secondary N) is 1. The largest absolute Gasteiger partial charge is 0.494 e. The lowest BCUT2D eigenvalue weighted by molar-refractivity contribution is -0.380. The molecular formula is C15H15N3O4S. The number of ether oxygens (including phenoxy) is 1. The van der Waals surface area contributed by atoms with Crippen LogP contribution in [0, 0.1) is 10.1 Å². The summed E-state index contributed by atoms with van der Waals surface area (Å²) in [5, 5.41) is 14.4. The Kier molecular flexibility index (Phi) is 5.81. The molecular weight excluding hydrogens is 318 g/mol. The SMILES string of the molecule is CCCOc1ccc(C(=O)N/N=C/c2ccc([N+](=O)[O-])s2)cc1. The van der Waals surface area contributed by atoms with Crippen molar-refractivity contribution in [3.8, 4) is 5.75 Å². The summed E-state index contributed by atoms with van der Waals surface area (Å²) in [6, 6.07) is 9.69. The van der Waals surface area contributed by atoms with Gasteiger partial charge in [-0.3, -0.25) is 14.9 Å². The van der Waals surface area contributed by atoms with Crippen LogP contribution in [0.1, 0.15) is 28.6 Å². The van der Waals surface area contributed by atoms with Crippen molar-refractivity contribution in [2.45, 2.75) is 13.3 Å². The van der Waals surface area contributed by atoms with Crippen molar-refractivity contribution >= 4 is 28.5 Å². The number of thiophene rings is 1. The Morgan fingerprint density at radius 2 is 2.09 bits per heavy atom. The first-order valence-corrected chi connectivity index (χ1v) is 7.72. The molecule has 0 fully saturated rings. The third-order valence-corrected chi connectivity index (χ3v) is 3.71. The average molecular weight is 333 g/mol. The smallest absolute Gasteiger partial charge is 0.324 e. The molecule has 0 atom stereocenters. The predicted molar refractivity (Wildman–Crippen MR) is 88.3 cm³/mol. The monoisotopic (exact) mass is 333 g/mol. The highest BCUT2D eigenvalue weighted by molar-refractivity contribution is 7.16. The van der Waals surface area contributed by atoms with Gasteiger partial charge in [-0.05, 0) is 36.8 Å². The molecule has 7 nitrogen and oxygen atoms in total. The fourth-order valence-electron chi connectivity index (χ4n) is 1.65. The summed E-state index contributed by atoms with van der Waals surface area (Å²) in [6.07, 6.45) is 2.28. The molecule has 0 aliphatic carbocycles. The standard InChI is InChI=1S/C15H15N3O4S/c1-2-9-22-12-5-3-11(4-6-12)15(19)17-16-10-13-7-8-14(23-13)18(20)21/h3-8,10H,2,9H2,1H3,(H,17,19)/b16-10+. The zero-order valence-corrected chi connectivity index (χ0v) is 13.2. The van der Waals surface area contributed by atoms with E-state index in [2.05, 4.69) is 10.5 Å². The molecule has 8 heteroatoms. The maximum absolute atomic E-state index is 11.9. The molecule has 1 aromatic carbocycles. The van der Waals surface area contributed by atoms with Crippen molar-refractivity contribution in [1.29, 1.82) is 0 Å². The molecule has 1 aromatic heterocycles. The van der Waals surface area contributed by atoms with E-state index in [4.69, 9.17) is 4.74 Å². The van der Waals surface area contributed by atoms with Gasteiger partial charge >= 0.3 is 5.00 Å². The number of amides is 1. The van der Waals surface area contributed by atoms with Gasteiger partial charge in [-0.15, -0.1) is 0 Å². The zero-order valence-electron chi connectivity index (χ0n) is 12.4. The summed E-state index contributed by atoms with van der Waals surface area (Å²) in [5.74, 6) is 0.340. The van der Waals surface area contributed by atoms with Crippen molar-refractivity contribution < 1.29 is 14.5 Å². The number of hydrazone groups is 1. The van der Waals surface area contributed by atoms with Crippen LogP contribution in [0.4, 0.5) is 5.00 Å². The molecule has 0 radical (unpaired) electrons. The predicted octanol–water partition coefficient (Wildman–Crippen LogP) is 3.21. The van der Waals surface area contributed by atoms with Crippen LogP contribution in [-0.2, 0) is 0 Å². The summed E-state index contributed by atoms with van der Waals surface area (Å²) in [5.41, 5.74) is 2.82. The Labute approximate surface area is 136 Å². The Balaban J connectivity index is 1.90. The third-order valence-electron chi connectivity index (χ3n) is 2.74. The Morgan fingerprint density at radius 1 is 1.35 bits per heavy atom. The molecule has 1 heterocycles. The molecule has 23 heavy (non-hydrogen) atoms. The molecule has 120 valence electrons. The number of carbonyl (C=O) groups excluding carboxylic acids is 1. The first-order valence-electron chi connectivity index (χ1n) is 6.90. The molecule has 0 saturated carbocycles. The third kappa shape index (κ3) is 4.89. The lowest BCUT2D eigenvalue weighted by Crippen LogP contribution is -2.17. The van der Waals surface area contributed by atoms with Crippen molar-refractivity contribution in [3.63, 3.8) is 0 Å². The normalized spacial score (nSPS) is 10.7. The van der Waals surface area contributed by atoms with Crippen molar-refractivity contribution in [3.05, 3.63) is 57.0 Å². The van der Waals surface area contributed by atoms with Crippen molar-refractivity contribution in [2.24, 2.45) is 5.10 Å². The number of hydrogen-bond donors (Lipinski definition) is 1. The van der Waals surface area contributed by atoms with Gasteiger partial charge in [0.1, 0.15) is 5.75 Å². The van der Waals surface area contributed by atoms with Gasteiger partial charge < -0.3 is 4.74 Å². The van der Waals surface area contributed by atoms with E-state index < -0.39 is 4.92 Å². The first kappa shape index (κ1) is 16.6. The molecule has 0 saturated heterocycles. The Bertz CT molecular complexity index is 710. The average Bonchev–Trinajstić information content (AvgIpc) is 3.02. The number of carbonyl (C=O) groups is 1. The second-order valence-electron chi connectivity index (χ2n) is 4.51. The maximum atomic E-state index is 11.9. The summed E-state index contributed by atoms with van der Waals surface area (Å²) < 4.78 is 5.44. The van der Waals surface area contributed by atoms with Crippen LogP contribution < -0.4 is 10.2 Å². The van der Waals surface area contributed by atoms with Crippen molar-refractivity contribution in [2.75, 3.05) is 6.61 Å². The van der Waals surface area contributed by atoms with Gasteiger partial charge in [0.2, 0.25) is 0 Å². The van der Waals surface area contributed by atoms with Gasteiger partial charge in [-0.1, -0.05) is 18.3 Å². The number of rotatable bonds is 7. The summed E-state index contributed by atoms with van der Waals surface area (Å²) in [7, 11) is 0. The molecule has 0 aliphatic rings. The lowest BCUT2D eigenvalue weighted by Gasteiger charge is -2.05. The van der Waals surface area contributed by atoms with Crippen LogP contribution in [0.2, 0.25) is 0 Å². The van der Waals surface area contributed by atoms with E-state index >= 15 is 0 Å². The van der Waals surface area contributed by atoms with Crippen LogP contribution in [0.25, 0.3) is 0 Å². The molecule has 1 amide bonds. The van der Waals surface area contributed by atoms with Gasteiger partial charge in [-0.25, -0.2) is 5.43 Å². The van der Waals surface area contributed by atoms with Gasteiger partial charge in [-0.2, -0.15) is 5.10 Å². The van der Waals surface area contributed by atoms with E-state index in [1.807, 2.05) is 6.92 Å². The van der Waals surface area contributed by atoms with Crippen LogP contribution in [0.15, 0.2) is 41.5 Å². The Morgan fingerprint density at radius 3 is 2.70 bits per heavy atom. The lowest BCUT2D eigenvalue weighted by atomic mass is 10.2. The molecule has 2 rings (SSSR count). The molecule has 0 aliphatic heterocycles. The minimum absolute atomic E-state index is 0.0282. The van der Waals surface area contributed by atoms with Gasteiger partial charge in [0.15, 0.2) is 0 Å². The van der Waals surface area contributed by atoms with Crippen LogP contribution >= 0.6 is 11.3 Å². The Hall–Kier alpha value is -2.74. The molecule has 0 spiro atoms. The number of nitrogens with zero attached hydrogens (tertiary/aromatic N) is 2. The zero-order chi connectivity index (χ0) is 16.7. The van der Waals surface area contributed by atoms with E-state index in [1.54, 1.807) is 30.3 Å². The van der Waals surface area contributed by atoms with E-state index in [-0.39, 0.29) is 10.9 Å². The van der Waals surface area contributed by atoms with Gasteiger partial charge in [0.05, 0.1) is 22.6 Å². The second-order valence-corrected chi connectivity index (χ2v) is 5.60. The van der Waals surface area contributed by atoms with E-state index in [0.29, 0.717) is 22.8 Å². The number of hydrogen-bond acceptors (Lipinski definition) is 6. The highest BCUT2D eigenvalue weighted by Crippen LogP contribution is 2.22. The number of nitro groups is 1. The number of benzene rings is 1. The quantitative estimate of drug-likeness (QED) is 0.478. The highest BCUT2D eigenvalue weighted by atomic mass is 32.1. The first-order chi connectivity index (χ1) is 11.1. The summed E-state index contributed by atoms with van der Waals surface area (Å²) in [6.45, 7) is 2.64. The summed E-state index contributed by atoms with van der Waals surface area (Å²) in [4.78, 5) is 22.6. The van der Waals surface area contributed by atoms with E-state index in [1.165, 1.54) is 12.3 Å². The fraction of sp³-hybridized carbons (Fsp3) is 0.200. The summed E-state index contributed by atoms with van der Waals surface area (Å²) >= 11 is 0.982. The minimum atomic E-state index is -0.469. The fourth-order valence-corrected chi connectivity index (χ4v) is 2.34. The molecule has 2 aromatic rings. The maximum Gasteiger partial charge on any atom is 0.324 e. The van der Waals surface area contributed by atoms with E-state index in [9.17, 15) is 14.9 Å². The molecule has 0 unspecified atom stereocenters. The second kappa shape index (κ2) is 8.04. The van der Waals surface area contributed by atoms with Crippen LogP contribution in [0.3, 0.4) is 0 Å². The van der Waals surface area contributed by atoms with Gasteiger partial charge in [0, 0.05) is 11.6 Å². The van der Waals surface area contributed by atoms with Crippen LogP contribution in [-0.4, -0.2) is 23.7 Å². The van der Waals surface area contributed by atoms with Crippen LogP contribution in [0.5, 0.6) is 5.75 Å². The molecule has 0 bridgehead atoms. The topological polar surface area (TPSA) is 93.8 Å².